The SMILES string of the molecule is [2H]C1([2H])N(CC2CCN(CCCOc3cc4c(Nc5ccc(F)c(Cl)c5)ncnc4cc3OC)CC2)C([2H])([2H])C([2H])([2H])N(c2cc3c(cc2F)C(=O)N(C2CCC(=O)NC2=O)C3=O)C1([2H])[2H]. The summed E-state index contributed by atoms with van der Waals surface area (Å²) in [6.45, 7) is -12.0. The molecule has 0 radical (unpaired) electrons. The highest BCUT2D eigenvalue weighted by Gasteiger charge is 2.45. The smallest absolute Gasteiger partial charge is 0.262 e. The Morgan fingerprint density at radius 2 is 1.67 bits per heavy atom. The molecule has 0 spiro atoms. The Morgan fingerprint density at radius 3 is 2.40 bits per heavy atom. The summed E-state index contributed by atoms with van der Waals surface area (Å²) in [6, 6.07) is 7.45. The van der Waals surface area contributed by atoms with Crippen LogP contribution in [0.25, 0.3) is 10.9 Å². The first-order chi connectivity index (χ1) is 31.1. The topological polar surface area (TPSA) is 150 Å². The van der Waals surface area contributed by atoms with Crippen molar-refractivity contribution < 1.29 is 48.4 Å². The van der Waals surface area contributed by atoms with E-state index in [0.29, 0.717) is 94.7 Å². The van der Waals surface area contributed by atoms with Crippen LogP contribution in [0.15, 0.2) is 48.8 Å². The lowest BCUT2D eigenvalue weighted by Gasteiger charge is -2.39. The van der Waals surface area contributed by atoms with Gasteiger partial charge in [-0.15, -0.1) is 0 Å². The summed E-state index contributed by atoms with van der Waals surface area (Å²) >= 11 is 5.96. The number of likely N-dealkylation sites (tertiary alicyclic amines) is 1. The molecule has 3 fully saturated rings. The van der Waals surface area contributed by atoms with Crippen molar-refractivity contribution in [3.63, 3.8) is 0 Å². The van der Waals surface area contributed by atoms with Crippen molar-refractivity contribution in [2.24, 2.45) is 5.92 Å². The highest BCUT2D eigenvalue weighted by molar-refractivity contribution is 6.31. The average Bonchev–Trinajstić information content (AvgIpc) is 3.49. The highest BCUT2D eigenvalue weighted by Crippen LogP contribution is 2.36. The van der Waals surface area contributed by atoms with Crippen LogP contribution in [-0.4, -0.2) is 120 Å². The van der Waals surface area contributed by atoms with Crippen molar-refractivity contribution in [2.45, 2.75) is 38.1 Å². The number of carbonyl (C=O) groups is 4. The lowest BCUT2D eigenvalue weighted by atomic mass is 9.95. The van der Waals surface area contributed by atoms with Crippen LogP contribution in [-0.2, 0) is 9.59 Å². The van der Waals surface area contributed by atoms with Gasteiger partial charge in [-0.1, -0.05) is 11.6 Å². The van der Waals surface area contributed by atoms with Gasteiger partial charge in [-0.2, -0.15) is 0 Å². The van der Waals surface area contributed by atoms with Crippen LogP contribution in [0.4, 0.5) is 26.0 Å². The molecule has 4 amide bonds. The molecule has 2 N–H and O–H groups in total. The highest BCUT2D eigenvalue weighted by atomic mass is 35.5. The lowest BCUT2D eigenvalue weighted by Crippen LogP contribution is -2.54. The molecule has 58 heavy (non-hydrogen) atoms. The normalized spacial score (nSPS) is 25.0. The van der Waals surface area contributed by atoms with Crippen molar-refractivity contribution in [1.82, 2.24) is 30.0 Å². The number of halogens is 3. The second-order valence-electron chi connectivity index (χ2n) is 14.2. The molecule has 5 heterocycles. The van der Waals surface area contributed by atoms with Crippen LogP contribution < -0.4 is 25.0 Å². The molecule has 1 atom stereocenters. The standard InChI is InChI=1S/C41H43ClF2N8O6/c1-57-35-21-32-28(38(46-23-45-32)47-25-3-4-30(43)29(42)17-25)20-36(35)58-16-2-9-49-10-7-24(8-11-49)22-50-12-14-51(15-13-50)34-19-27-26(18-31(34)44)40(55)52(41(27)56)33-5-6-37(53)48-39(33)54/h3-4,17-21,23-24,33H,2,5-16,22H2,1H3,(H,45,46,47)(H,48,53,54)/i12D2,13D2,14D2,15D2. The monoisotopic (exact) mass is 824 g/mol. The van der Waals surface area contributed by atoms with E-state index in [1.54, 1.807) is 12.1 Å². The van der Waals surface area contributed by atoms with E-state index in [2.05, 4.69) is 20.2 Å². The van der Waals surface area contributed by atoms with E-state index < -0.39 is 90.0 Å². The van der Waals surface area contributed by atoms with E-state index in [0.717, 1.165) is 0 Å². The number of hydrogen-bond acceptors (Lipinski definition) is 12. The molecule has 17 heteroatoms. The number of nitrogens with zero attached hydrogens (tertiary/aromatic N) is 6. The van der Waals surface area contributed by atoms with Gasteiger partial charge in [-0.3, -0.25) is 34.3 Å². The molecule has 4 aliphatic heterocycles. The molecular weight excluding hydrogens is 774 g/mol. The molecule has 0 saturated carbocycles. The summed E-state index contributed by atoms with van der Waals surface area (Å²) in [5.41, 5.74) is -0.987. The van der Waals surface area contributed by atoms with E-state index >= 15 is 4.39 Å². The fourth-order valence-corrected chi connectivity index (χ4v) is 7.59. The molecule has 4 aliphatic rings. The van der Waals surface area contributed by atoms with Gasteiger partial charge in [0.1, 0.15) is 29.8 Å². The second-order valence-corrected chi connectivity index (χ2v) is 14.6. The van der Waals surface area contributed by atoms with Crippen molar-refractivity contribution in [1.29, 1.82) is 0 Å². The van der Waals surface area contributed by atoms with Gasteiger partial charge in [-0.05, 0) is 81.1 Å². The van der Waals surface area contributed by atoms with Crippen LogP contribution in [0.5, 0.6) is 11.5 Å². The maximum atomic E-state index is 16.0. The molecule has 1 aromatic heterocycles. The first-order valence-electron chi connectivity index (χ1n) is 22.6. The van der Waals surface area contributed by atoms with E-state index in [1.165, 1.54) is 31.6 Å². The van der Waals surface area contributed by atoms with E-state index in [-0.39, 0.29) is 35.9 Å². The first-order valence-corrected chi connectivity index (χ1v) is 19.0. The third-order valence-corrected chi connectivity index (χ3v) is 10.8. The number of piperazine rings is 1. The Morgan fingerprint density at radius 1 is 0.914 bits per heavy atom. The number of fused-ring (bicyclic) bond motifs is 2. The quantitative estimate of drug-likeness (QED) is 0.146. The summed E-state index contributed by atoms with van der Waals surface area (Å²) in [5, 5.41) is 5.72. The summed E-state index contributed by atoms with van der Waals surface area (Å²) in [5.74, 6) is -4.81. The van der Waals surface area contributed by atoms with Gasteiger partial charge in [-0.25, -0.2) is 18.7 Å². The fourth-order valence-electron chi connectivity index (χ4n) is 7.41. The van der Waals surface area contributed by atoms with Crippen molar-refractivity contribution in [2.75, 3.05) is 76.1 Å². The van der Waals surface area contributed by atoms with Gasteiger partial charge < -0.3 is 24.6 Å². The minimum Gasteiger partial charge on any atom is -0.493 e. The zero-order valence-corrected chi connectivity index (χ0v) is 31.9. The number of methoxy groups -OCH3 is 1. The number of hydrogen-bond donors (Lipinski definition) is 2. The number of piperidine rings is 2. The van der Waals surface area contributed by atoms with Crippen LogP contribution in [0.3, 0.4) is 0 Å². The Hall–Kier alpha value is -5.45. The molecular formula is C41H43ClF2N8O6. The largest absolute Gasteiger partial charge is 0.493 e. The van der Waals surface area contributed by atoms with E-state index in [1.807, 2.05) is 5.32 Å². The average molecular weight is 825 g/mol. The zero-order valence-electron chi connectivity index (χ0n) is 39.1. The molecule has 1 unspecified atom stereocenters. The van der Waals surface area contributed by atoms with Crippen molar-refractivity contribution >= 4 is 63.3 Å². The van der Waals surface area contributed by atoms with Crippen molar-refractivity contribution in [3.8, 4) is 11.5 Å². The molecule has 4 aromatic rings. The number of anilines is 3. The number of amides is 4. The van der Waals surface area contributed by atoms with E-state index in [4.69, 9.17) is 32.0 Å². The number of rotatable bonds is 12. The summed E-state index contributed by atoms with van der Waals surface area (Å²) < 4.78 is 113. The van der Waals surface area contributed by atoms with Gasteiger partial charge in [0.25, 0.3) is 11.8 Å². The number of aromatic nitrogens is 2. The number of benzene rings is 3. The van der Waals surface area contributed by atoms with Gasteiger partial charge in [0.2, 0.25) is 11.8 Å². The van der Waals surface area contributed by atoms with Gasteiger partial charge >= 0.3 is 0 Å². The molecule has 3 aromatic carbocycles. The third-order valence-electron chi connectivity index (χ3n) is 10.5. The van der Waals surface area contributed by atoms with Gasteiger partial charge in [0.05, 0.1) is 46.6 Å². The Kier molecular flexibility index (Phi) is 8.86. The predicted molar refractivity (Wildman–Crippen MR) is 212 cm³/mol. The first kappa shape index (κ1) is 30.6. The molecule has 0 bridgehead atoms. The maximum Gasteiger partial charge on any atom is 0.262 e. The molecule has 8 rings (SSSR count). The van der Waals surface area contributed by atoms with E-state index in [9.17, 15) is 23.6 Å². The predicted octanol–water partition coefficient (Wildman–Crippen LogP) is 5.02. The number of imide groups is 2. The number of nitrogens with one attached hydrogen (secondary N) is 2. The molecule has 14 nitrogen and oxygen atoms in total. The zero-order chi connectivity index (χ0) is 47.7. The minimum atomic E-state index is -3.47. The maximum absolute atomic E-state index is 16.0. The summed E-state index contributed by atoms with van der Waals surface area (Å²) in [6.07, 6.45) is 2.44. The van der Waals surface area contributed by atoms with Gasteiger partial charge in [0, 0.05) is 68.1 Å². The minimum absolute atomic E-state index is 0.00460. The Balaban J connectivity index is 0.909. The van der Waals surface area contributed by atoms with Gasteiger partial charge in [0.15, 0.2) is 11.5 Å². The lowest BCUT2D eigenvalue weighted by molar-refractivity contribution is -0.136. The summed E-state index contributed by atoms with van der Waals surface area (Å²) in [4.78, 5) is 62.9. The van der Waals surface area contributed by atoms with Crippen LogP contribution >= 0.6 is 11.6 Å². The molecule has 304 valence electrons. The number of carbonyl (C=O) groups excluding carboxylic acids is 4. The second kappa shape index (κ2) is 16.8. The fraction of sp³-hybridized carbons (Fsp3) is 0.415. The summed E-state index contributed by atoms with van der Waals surface area (Å²) in [7, 11) is 1.50. The van der Waals surface area contributed by atoms with Crippen LogP contribution in [0.1, 0.15) is 63.8 Å². The van der Waals surface area contributed by atoms with Crippen molar-refractivity contribution in [3.05, 3.63) is 76.6 Å². The Bertz CT molecular complexity index is 2620. The van der Waals surface area contributed by atoms with Crippen LogP contribution in [0, 0.1) is 17.6 Å². The number of ether oxygens (including phenoxy) is 2. The van der Waals surface area contributed by atoms with Crippen LogP contribution in [0.2, 0.25) is 5.02 Å². The molecule has 3 saturated heterocycles. The third kappa shape index (κ3) is 8.13. The Labute approximate surface area is 349 Å². The molecule has 0 aliphatic carbocycles.